The smallest absolute Gasteiger partial charge is 0.387 e. The van der Waals surface area contributed by atoms with E-state index in [9.17, 15) is 8.78 Å². The molecule has 0 unspecified atom stereocenters. The molecule has 1 aromatic carbocycles. The van der Waals surface area contributed by atoms with Crippen LogP contribution in [0.25, 0.3) is 0 Å². The van der Waals surface area contributed by atoms with E-state index >= 15 is 0 Å². The highest BCUT2D eigenvalue weighted by Gasteiger charge is 2.32. The van der Waals surface area contributed by atoms with Crippen LogP contribution in [0.1, 0.15) is 32.4 Å². The topological polar surface area (TPSA) is 39.7 Å². The summed E-state index contributed by atoms with van der Waals surface area (Å²) in [6.07, 6.45) is 0.0175. The maximum absolute atomic E-state index is 12.1. The Balaban J connectivity index is 1.82. The molecule has 0 amide bonds. The van der Waals surface area contributed by atoms with Crippen LogP contribution in [-0.4, -0.2) is 31.7 Å². The lowest BCUT2D eigenvalue weighted by Crippen LogP contribution is -2.32. The Morgan fingerprint density at radius 3 is 2.52 bits per heavy atom. The van der Waals surface area contributed by atoms with Crippen molar-refractivity contribution in [1.29, 1.82) is 0 Å². The fraction of sp³-hybridized carbons (Fsp3) is 0.600. The number of rotatable bonds is 6. The highest BCUT2D eigenvalue weighted by Crippen LogP contribution is 2.23. The SMILES string of the molecule is C[C@H](NC[C@@H]1COC(C)(C)O1)c1ccc(OC(F)F)cc1. The van der Waals surface area contributed by atoms with Crippen molar-refractivity contribution in [2.75, 3.05) is 13.2 Å². The number of hydrogen-bond donors (Lipinski definition) is 1. The van der Waals surface area contributed by atoms with Crippen molar-refractivity contribution in [3.63, 3.8) is 0 Å². The van der Waals surface area contributed by atoms with E-state index in [-0.39, 0.29) is 17.9 Å². The van der Waals surface area contributed by atoms with E-state index in [1.165, 1.54) is 12.1 Å². The molecule has 1 fully saturated rings. The second kappa shape index (κ2) is 6.68. The molecule has 2 rings (SSSR count). The van der Waals surface area contributed by atoms with E-state index in [0.717, 1.165) is 5.56 Å². The van der Waals surface area contributed by atoms with Crippen LogP contribution in [0.15, 0.2) is 24.3 Å². The molecular weight excluding hydrogens is 280 g/mol. The van der Waals surface area contributed by atoms with E-state index in [1.807, 2.05) is 20.8 Å². The molecule has 118 valence electrons. The van der Waals surface area contributed by atoms with Gasteiger partial charge in [0.15, 0.2) is 5.79 Å². The normalized spacial score (nSPS) is 22.5. The molecule has 0 spiro atoms. The Hall–Kier alpha value is -1.24. The molecule has 0 saturated carbocycles. The van der Waals surface area contributed by atoms with Crippen molar-refractivity contribution in [1.82, 2.24) is 5.32 Å². The average molecular weight is 301 g/mol. The van der Waals surface area contributed by atoms with Crippen LogP contribution < -0.4 is 10.1 Å². The van der Waals surface area contributed by atoms with Gasteiger partial charge in [-0.05, 0) is 38.5 Å². The second-order valence-electron chi connectivity index (χ2n) is 5.53. The van der Waals surface area contributed by atoms with Gasteiger partial charge in [-0.15, -0.1) is 0 Å². The minimum absolute atomic E-state index is 0.0175. The fourth-order valence-electron chi connectivity index (χ4n) is 2.23. The Morgan fingerprint density at radius 2 is 2.00 bits per heavy atom. The van der Waals surface area contributed by atoms with Crippen molar-refractivity contribution in [3.05, 3.63) is 29.8 Å². The van der Waals surface area contributed by atoms with Crippen LogP contribution in [-0.2, 0) is 9.47 Å². The summed E-state index contributed by atoms with van der Waals surface area (Å²) in [5.41, 5.74) is 0.995. The molecule has 4 nitrogen and oxygen atoms in total. The summed E-state index contributed by atoms with van der Waals surface area (Å²) in [5, 5.41) is 3.34. The molecule has 1 aliphatic heterocycles. The monoisotopic (exact) mass is 301 g/mol. The Kier molecular flexibility index (Phi) is 5.13. The van der Waals surface area contributed by atoms with Crippen LogP contribution in [0.5, 0.6) is 5.75 Å². The van der Waals surface area contributed by atoms with E-state index in [4.69, 9.17) is 9.47 Å². The van der Waals surface area contributed by atoms with Crippen molar-refractivity contribution in [2.24, 2.45) is 0 Å². The summed E-state index contributed by atoms with van der Waals surface area (Å²) >= 11 is 0. The number of alkyl halides is 2. The molecule has 1 aliphatic rings. The minimum Gasteiger partial charge on any atom is -0.435 e. The molecule has 21 heavy (non-hydrogen) atoms. The number of nitrogens with one attached hydrogen (secondary N) is 1. The van der Waals surface area contributed by atoms with Gasteiger partial charge in [0.25, 0.3) is 0 Å². The summed E-state index contributed by atoms with van der Waals surface area (Å²) in [7, 11) is 0. The second-order valence-corrected chi connectivity index (χ2v) is 5.53. The molecule has 0 aliphatic carbocycles. The lowest BCUT2D eigenvalue weighted by molar-refractivity contribution is -0.137. The Labute approximate surface area is 123 Å². The first kappa shape index (κ1) is 16.1. The molecule has 0 aromatic heterocycles. The van der Waals surface area contributed by atoms with E-state index < -0.39 is 12.4 Å². The van der Waals surface area contributed by atoms with Gasteiger partial charge < -0.3 is 19.5 Å². The summed E-state index contributed by atoms with van der Waals surface area (Å²) in [5.74, 6) is -0.362. The largest absolute Gasteiger partial charge is 0.435 e. The molecule has 0 radical (unpaired) electrons. The third-order valence-corrected chi connectivity index (χ3v) is 3.32. The first-order chi connectivity index (χ1) is 9.85. The lowest BCUT2D eigenvalue weighted by atomic mass is 10.1. The average Bonchev–Trinajstić information content (AvgIpc) is 2.76. The molecule has 1 N–H and O–H groups in total. The van der Waals surface area contributed by atoms with Crippen LogP contribution in [0, 0.1) is 0 Å². The van der Waals surface area contributed by atoms with Gasteiger partial charge in [0.1, 0.15) is 5.75 Å². The molecule has 6 heteroatoms. The first-order valence-corrected chi connectivity index (χ1v) is 6.96. The van der Waals surface area contributed by atoms with Gasteiger partial charge in [0, 0.05) is 12.6 Å². The molecular formula is C15H21F2NO3. The van der Waals surface area contributed by atoms with E-state index in [1.54, 1.807) is 12.1 Å². The predicted molar refractivity (Wildman–Crippen MR) is 74.4 cm³/mol. The summed E-state index contributed by atoms with van der Waals surface area (Å²) < 4.78 is 39.7. The molecule has 2 atom stereocenters. The van der Waals surface area contributed by atoms with Crippen molar-refractivity contribution in [3.8, 4) is 5.75 Å². The zero-order chi connectivity index (χ0) is 15.5. The fourth-order valence-corrected chi connectivity index (χ4v) is 2.23. The van der Waals surface area contributed by atoms with Crippen molar-refractivity contribution < 1.29 is 23.0 Å². The van der Waals surface area contributed by atoms with Crippen molar-refractivity contribution in [2.45, 2.75) is 45.3 Å². The summed E-state index contributed by atoms with van der Waals surface area (Å²) in [6, 6.07) is 6.70. The highest BCUT2D eigenvalue weighted by atomic mass is 19.3. The number of hydrogen-bond acceptors (Lipinski definition) is 4. The first-order valence-electron chi connectivity index (χ1n) is 6.96. The molecule has 1 saturated heterocycles. The van der Waals surface area contributed by atoms with Crippen LogP contribution in [0.4, 0.5) is 8.78 Å². The predicted octanol–water partition coefficient (Wildman–Crippen LogP) is 3.09. The quantitative estimate of drug-likeness (QED) is 0.876. The summed E-state index contributed by atoms with van der Waals surface area (Å²) in [4.78, 5) is 0. The number of benzene rings is 1. The van der Waals surface area contributed by atoms with Gasteiger partial charge in [-0.3, -0.25) is 0 Å². The van der Waals surface area contributed by atoms with Crippen LogP contribution in [0.2, 0.25) is 0 Å². The van der Waals surface area contributed by atoms with Gasteiger partial charge in [-0.2, -0.15) is 8.78 Å². The maximum atomic E-state index is 12.1. The van der Waals surface area contributed by atoms with Gasteiger partial charge in [-0.1, -0.05) is 12.1 Å². The van der Waals surface area contributed by atoms with Gasteiger partial charge in [0.2, 0.25) is 0 Å². The molecule has 1 aromatic rings. The van der Waals surface area contributed by atoms with Gasteiger partial charge in [-0.25, -0.2) is 0 Å². The van der Waals surface area contributed by atoms with Crippen LogP contribution >= 0.6 is 0 Å². The van der Waals surface area contributed by atoms with E-state index in [0.29, 0.717) is 13.2 Å². The lowest BCUT2D eigenvalue weighted by Gasteiger charge is -2.19. The van der Waals surface area contributed by atoms with Crippen molar-refractivity contribution >= 4 is 0 Å². The van der Waals surface area contributed by atoms with E-state index in [2.05, 4.69) is 10.1 Å². The summed E-state index contributed by atoms with van der Waals surface area (Å²) in [6.45, 7) is 4.21. The van der Waals surface area contributed by atoms with Crippen LogP contribution in [0.3, 0.4) is 0 Å². The maximum Gasteiger partial charge on any atom is 0.387 e. The molecule has 0 bridgehead atoms. The Morgan fingerprint density at radius 1 is 1.33 bits per heavy atom. The zero-order valence-corrected chi connectivity index (χ0v) is 12.4. The highest BCUT2D eigenvalue weighted by molar-refractivity contribution is 5.28. The third kappa shape index (κ3) is 4.91. The third-order valence-electron chi connectivity index (χ3n) is 3.32. The van der Waals surface area contributed by atoms with Gasteiger partial charge in [0.05, 0.1) is 12.7 Å². The zero-order valence-electron chi connectivity index (χ0n) is 12.4. The number of halogens is 2. The number of ether oxygens (including phenoxy) is 3. The minimum atomic E-state index is -2.80. The molecule has 1 heterocycles. The Bertz CT molecular complexity index is 451. The standard InChI is InChI=1S/C15H21F2NO3/c1-10(18-8-13-9-19-15(2,3)21-13)11-4-6-12(7-5-11)20-14(16)17/h4-7,10,13-14,18H,8-9H2,1-3H3/t10-,13+/m0/s1. The van der Waals surface area contributed by atoms with Gasteiger partial charge >= 0.3 is 6.61 Å².